The monoisotopic (exact) mass is 497 g/mol. The van der Waals surface area contributed by atoms with Gasteiger partial charge in [-0.2, -0.15) is 5.10 Å². The first-order valence-corrected chi connectivity index (χ1v) is 11.9. The van der Waals surface area contributed by atoms with Crippen molar-refractivity contribution >= 4 is 58.1 Å². The fraction of sp³-hybridized carbons (Fsp3) is 0.250. The predicted octanol–water partition coefficient (Wildman–Crippen LogP) is 5.04. The lowest BCUT2D eigenvalue weighted by atomic mass is 10.1. The van der Waals surface area contributed by atoms with Crippen molar-refractivity contribution < 1.29 is 14.4 Å². The highest BCUT2D eigenvalue weighted by molar-refractivity contribution is 8.00. The zero-order valence-corrected chi connectivity index (χ0v) is 20.7. The van der Waals surface area contributed by atoms with Gasteiger partial charge in [-0.3, -0.25) is 19.1 Å². The minimum Gasteiger partial charge on any atom is -0.324 e. The summed E-state index contributed by atoms with van der Waals surface area (Å²) in [6, 6.07) is 11.4. The van der Waals surface area contributed by atoms with E-state index < -0.39 is 6.04 Å². The average Bonchev–Trinajstić information content (AvgIpc) is 3.13. The Balaban J connectivity index is 1.44. The van der Waals surface area contributed by atoms with E-state index in [1.165, 1.54) is 11.8 Å². The molecule has 0 fully saturated rings. The van der Waals surface area contributed by atoms with Gasteiger partial charge in [-0.1, -0.05) is 11.6 Å². The van der Waals surface area contributed by atoms with Gasteiger partial charge in [0, 0.05) is 21.8 Å². The smallest absolute Gasteiger partial charge is 0.255 e. The number of hydrogen-bond acceptors (Lipinski definition) is 5. The molecule has 8 nitrogen and oxygen atoms in total. The maximum absolute atomic E-state index is 12.7. The molecule has 1 aliphatic heterocycles. The molecule has 1 aliphatic rings. The molecular weight excluding hydrogens is 474 g/mol. The molecule has 0 bridgehead atoms. The van der Waals surface area contributed by atoms with Crippen LogP contribution in [0.5, 0.6) is 0 Å². The molecule has 0 saturated heterocycles. The number of rotatable bonds is 5. The summed E-state index contributed by atoms with van der Waals surface area (Å²) in [6.45, 7) is 7.36. The molecule has 176 valence electrons. The number of halogens is 1. The van der Waals surface area contributed by atoms with Crippen LogP contribution in [0.1, 0.15) is 41.6 Å². The molecule has 2 heterocycles. The van der Waals surface area contributed by atoms with Gasteiger partial charge >= 0.3 is 0 Å². The van der Waals surface area contributed by atoms with Gasteiger partial charge in [-0.05, 0) is 70.2 Å². The molecule has 0 spiro atoms. The molecule has 0 radical (unpaired) electrons. The van der Waals surface area contributed by atoms with Crippen molar-refractivity contribution in [3.63, 3.8) is 0 Å². The van der Waals surface area contributed by atoms with Crippen molar-refractivity contribution in [2.75, 3.05) is 16.0 Å². The van der Waals surface area contributed by atoms with Crippen LogP contribution in [0.3, 0.4) is 0 Å². The van der Waals surface area contributed by atoms with Crippen LogP contribution in [0.25, 0.3) is 0 Å². The second-order valence-corrected chi connectivity index (χ2v) is 9.94. The second-order valence-electron chi connectivity index (χ2n) is 8.15. The zero-order valence-electron chi connectivity index (χ0n) is 19.1. The van der Waals surface area contributed by atoms with Crippen molar-refractivity contribution in [3.8, 4) is 0 Å². The number of aryl methyl sites for hydroxylation is 2. The number of nitrogens with one attached hydrogen (secondary N) is 3. The molecule has 34 heavy (non-hydrogen) atoms. The Hall–Kier alpha value is -3.30. The van der Waals surface area contributed by atoms with Crippen LogP contribution >= 0.6 is 23.4 Å². The number of nitrogens with zero attached hydrogens (tertiary/aromatic N) is 2. The van der Waals surface area contributed by atoms with Crippen molar-refractivity contribution in [1.29, 1.82) is 0 Å². The van der Waals surface area contributed by atoms with Gasteiger partial charge in [0.2, 0.25) is 11.8 Å². The van der Waals surface area contributed by atoms with Crippen molar-refractivity contribution in [2.24, 2.45) is 0 Å². The number of anilines is 3. The van der Waals surface area contributed by atoms with Gasteiger partial charge in [0.15, 0.2) is 0 Å². The van der Waals surface area contributed by atoms with E-state index in [9.17, 15) is 14.4 Å². The van der Waals surface area contributed by atoms with Crippen LogP contribution in [0, 0.1) is 13.8 Å². The Morgan fingerprint density at radius 3 is 2.59 bits per heavy atom. The molecule has 4 rings (SSSR count). The Labute approximate surface area is 206 Å². The number of carbonyl (C=O) groups excluding carboxylic acids is 3. The molecule has 3 N–H and O–H groups in total. The van der Waals surface area contributed by atoms with E-state index in [0.29, 0.717) is 22.6 Å². The van der Waals surface area contributed by atoms with Gasteiger partial charge in [0.1, 0.15) is 6.04 Å². The topological polar surface area (TPSA) is 105 Å². The van der Waals surface area contributed by atoms with Gasteiger partial charge in [-0.15, -0.1) is 11.8 Å². The highest BCUT2D eigenvalue weighted by atomic mass is 35.5. The minimum atomic E-state index is -0.519. The Morgan fingerprint density at radius 1 is 1.15 bits per heavy atom. The van der Waals surface area contributed by atoms with E-state index in [0.717, 1.165) is 16.3 Å². The summed E-state index contributed by atoms with van der Waals surface area (Å²) < 4.78 is 1.66. The standard InChI is InChI=1S/C24H24ClN5O3S/c1-12-9-13(2)30(29-12)14(3)22(31)27-19-7-6-17(11-18(19)25)26-24(33)16-5-8-21-20(10-16)28-23(32)15(4)34-21/h5-11,14-15H,1-4H3,(H,26,33)(H,27,31)(H,28,32)/t14-,15-/m0/s1. The maximum atomic E-state index is 12.7. The summed E-state index contributed by atoms with van der Waals surface area (Å²) >= 11 is 7.83. The average molecular weight is 498 g/mol. The number of aromatic nitrogens is 2. The zero-order chi connectivity index (χ0) is 24.6. The summed E-state index contributed by atoms with van der Waals surface area (Å²) in [4.78, 5) is 38.3. The lowest BCUT2D eigenvalue weighted by Crippen LogP contribution is -2.26. The number of fused-ring (bicyclic) bond motifs is 1. The summed E-state index contributed by atoms with van der Waals surface area (Å²) in [5, 5.41) is 12.9. The third kappa shape index (κ3) is 4.95. The highest BCUT2D eigenvalue weighted by Crippen LogP contribution is 2.36. The van der Waals surface area contributed by atoms with Crippen LogP contribution in [0.15, 0.2) is 47.4 Å². The normalized spacial score (nSPS) is 15.8. The Kier molecular flexibility index (Phi) is 6.67. The van der Waals surface area contributed by atoms with Crippen molar-refractivity contribution in [3.05, 3.63) is 64.4 Å². The molecule has 0 aliphatic carbocycles. The molecule has 0 saturated carbocycles. The summed E-state index contributed by atoms with van der Waals surface area (Å²) in [5.41, 5.74) is 3.66. The summed E-state index contributed by atoms with van der Waals surface area (Å²) in [7, 11) is 0. The fourth-order valence-corrected chi connectivity index (χ4v) is 4.79. The molecular formula is C24H24ClN5O3S. The third-order valence-electron chi connectivity index (χ3n) is 5.45. The van der Waals surface area contributed by atoms with Crippen LogP contribution in [0.4, 0.5) is 17.1 Å². The molecule has 0 unspecified atom stereocenters. The van der Waals surface area contributed by atoms with E-state index in [-0.39, 0.29) is 28.0 Å². The van der Waals surface area contributed by atoms with Gasteiger partial charge in [-0.25, -0.2) is 0 Å². The number of carbonyl (C=O) groups is 3. The molecule has 3 amide bonds. The summed E-state index contributed by atoms with van der Waals surface area (Å²) in [5.74, 6) is -0.688. The lowest BCUT2D eigenvalue weighted by Gasteiger charge is -2.21. The van der Waals surface area contributed by atoms with E-state index >= 15 is 0 Å². The van der Waals surface area contributed by atoms with E-state index in [1.54, 1.807) is 41.9 Å². The van der Waals surface area contributed by atoms with E-state index in [1.807, 2.05) is 32.9 Å². The largest absolute Gasteiger partial charge is 0.324 e. The SMILES string of the molecule is Cc1cc(C)n([C@@H](C)C(=O)Nc2ccc(NC(=O)c3ccc4c(c3)NC(=O)[C@H](C)S4)cc2Cl)n1. The lowest BCUT2D eigenvalue weighted by molar-refractivity contribution is -0.119. The first-order chi connectivity index (χ1) is 16.1. The maximum Gasteiger partial charge on any atom is 0.255 e. The van der Waals surface area contributed by atoms with Gasteiger partial charge in [0.25, 0.3) is 5.91 Å². The summed E-state index contributed by atoms with van der Waals surface area (Å²) in [6.07, 6.45) is 0. The molecule has 3 aromatic rings. The third-order valence-corrected chi connectivity index (χ3v) is 6.94. The molecule has 10 heteroatoms. The minimum absolute atomic E-state index is 0.0911. The highest BCUT2D eigenvalue weighted by Gasteiger charge is 2.24. The van der Waals surface area contributed by atoms with Crippen LogP contribution in [-0.2, 0) is 9.59 Å². The quantitative estimate of drug-likeness (QED) is 0.458. The van der Waals surface area contributed by atoms with Gasteiger partial charge < -0.3 is 16.0 Å². The van der Waals surface area contributed by atoms with Crippen molar-refractivity contribution in [2.45, 2.75) is 43.9 Å². The number of hydrogen-bond donors (Lipinski definition) is 3. The van der Waals surface area contributed by atoms with Crippen LogP contribution in [0.2, 0.25) is 5.02 Å². The Bertz CT molecular complexity index is 1310. The number of thioether (sulfide) groups is 1. The van der Waals surface area contributed by atoms with Crippen LogP contribution < -0.4 is 16.0 Å². The van der Waals surface area contributed by atoms with Crippen molar-refractivity contribution in [1.82, 2.24) is 9.78 Å². The second kappa shape index (κ2) is 9.52. The Morgan fingerprint density at radius 2 is 1.91 bits per heavy atom. The van der Waals surface area contributed by atoms with E-state index in [4.69, 9.17) is 11.6 Å². The molecule has 2 atom stereocenters. The predicted molar refractivity (Wildman–Crippen MR) is 135 cm³/mol. The van der Waals surface area contributed by atoms with Crippen LogP contribution in [-0.4, -0.2) is 32.8 Å². The fourth-order valence-electron chi connectivity index (χ4n) is 3.63. The number of amides is 3. The van der Waals surface area contributed by atoms with E-state index in [2.05, 4.69) is 21.0 Å². The molecule has 2 aromatic carbocycles. The number of benzene rings is 2. The molecule has 1 aromatic heterocycles. The van der Waals surface area contributed by atoms with Gasteiger partial charge in [0.05, 0.1) is 27.3 Å². The first-order valence-electron chi connectivity index (χ1n) is 10.7. The first kappa shape index (κ1) is 23.8.